The van der Waals surface area contributed by atoms with Crippen LogP contribution in [0.25, 0.3) is 0 Å². The lowest BCUT2D eigenvalue weighted by Crippen LogP contribution is -2.58. The van der Waals surface area contributed by atoms with Crippen LogP contribution >= 0.6 is 15.9 Å². The SMILES string of the molecule is CC(=O)OC12CCCC(Br)(C1)C2. The molecule has 2 nitrogen and oxygen atoms in total. The summed E-state index contributed by atoms with van der Waals surface area (Å²) in [5.74, 6) is -0.133. The van der Waals surface area contributed by atoms with Gasteiger partial charge in [0.25, 0.3) is 0 Å². The normalized spacial score (nSPS) is 44.8. The first-order valence-electron chi connectivity index (χ1n) is 4.42. The molecule has 3 rings (SSSR count). The van der Waals surface area contributed by atoms with Crippen LogP contribution in [-0.2, 0) is 9.53 Å². The van der Waals surface area contributed by atoms with Crippen LogP contribution in [-0.4, -0.2) is 15.9 Å². The van der Waals surface area contributed by atoms with Crippen molar-refractivity contribution in [3.63, 3.8) is 0 Å². The van der Waals surface area contributed by atoms with E-state index in [2.05, 4.69) is 15.9 Å². The summed E-state index contributed by atoms with van der Waals surface area (Å²) in [4.78, 5) is 10.8. The van der Waals surface area contributed by atoms with E-state index in [4.69, 9.17) is 4.74 Å². The van der Waals surface area contributed by atoms with Crippen LogP contribution in [0.3, 0.4) is 0 Å². The summed E-state index contributed by atoms with van der Waals surface area (Å²) in [5, 5.41) is 0. The highest BCUT2D eigenvalue weighted by atomic mass is 79.9. The van der Waals surface area contributed by atoms with Gasteiger partial charge in [-0.2, -0.15) is 0 Å². The number of hydrogen-bond acceptors (Lipinski definition) is 2. The summed E-state index contributed by atoms with van der Waals surface area (Å²) >= 11 is 3.69. The van der Waals surface area contributed by atoms with Gasteiger partial charge >= 0.3 is 5.97 Å². The van der Waals surface area contributed by atoms with E-state index in [0.717, 1.165) is 19.3 Å². The quantitative estimate of drug-likeness (QED) is 0.513. The fourth-order valence-corrected chi connectivity index (χ4v) is 3.91. The zero-order valence-corrected chi connectivity index (χ0v) is 8.82. The molecule has 0 aromatic rings. The second-order valence-electron chi connectivity index (χ2n) is 4.13. The molecule has 0 aliphatic heterocycles. The van der Waals surface area contributed by atoms with Gasteiger partial charge in [-0.15, -0.1) is 0 Å². The molecule has 0 atom stereocenters. The summed E-state index contributed by atoms with van der Waals surface area (Å²) in [5.41, 5.74) is -0.0897. The molecule has 0 N–H and O–H groups in total. The molecule has 3 saturated carbocycles. The number of carbonyl (C=O) groups is 1. The van der Waals surface area contributed by atoms with Crippen LogP contribution in [0.5, 0.6) is 0 Å². The number of hydrogen-bond donors (Lipinski definition) is 0. The van der Waals surface area contributed by atoms with Gasteiger partial charge < -0.3 is 4.74 Å². The Balaban J connectivity index is 2.02. The summed E-state index contributed by atoms with van der Waals surface area (Å²) in [6.07, 6.45) is 5.49. The first-order chi connectivity index (χ1) is 5.54. The van der Waals surface area contributed by atoms with Crippen LogP contribution in [0.2, 0.25) is 0 Å². The molecule has 0 radical (unpaired) electrons. The minimum Gasteiger partial charge on any atom is -0.459 e. The minimum atomic E-state index is -0.133. The van der Waals surface area contributed by atoms with Gasteiger partial charge in [-0.3, -0.25) is 4.79 Å². The molecule has 3 aliphatic carbocycles. The molecular weight excluding hydrogens is 220 g/mol. The van der Waals surface area contributed by atoms with Crippen LogP contribution in [0.1, 0.15) is 39.0 Å². The maximum Gasteiger partial charge on any atom is 0.303 e. The third-order valence-corrected chi connectivity index (χ3v) is 3.85. The molecule has 3 aliphatic rings. The maximum absolute atomic E-state index is 10.8. The number of ether oxygens (including phenoxy) is 1. The Hall–Kier alpha value is -0.0500. The van der Waals surface area contributed by atoms with E-state index in [0.29, 0.717) is 4.32 Å². The van der Waals surface area contributed by atoms with Gasteiger partial charge in [-0.1, -0.05) is 15.9 Å². The van der Waals surface area contributed by atoms with Gasteiger partial charge in [0.05, 0.1) is 0 Å². The number of fused-ring (bicyclic) bond motifs is 2. The summed E-state index contributed by atoms with van der Waals surface area (Å²) in [6.45, 7) is 1.50. The van der Waals surface area contributed by atoms with E-state index in [1.165, 1.54) is 19.8 Å². The Bertz CT molecular complexity index is 219. The van der Waals surface area contributed by atoms with Crippen molar-refractivity contribution >= 4 is 21.9 Å². The van der Waals surface area contributed by atoms with Crippen molar-refractivity contribution < 1.29 is 9.53 Å². The summed E-state index contributed by atoms with van der Waals surface area (Å²) in [7, 11) is 0. The molecule has 0 spiro atoms. The lowest BCUT2D eigenvalue weighted by atomic mass is 9.61. The molecule has 0 amide bonds. The van der Waals surface area contributed by atoms with E-state index < -0.39 is 0 Å². The predicted molar refractivity (Wildman–Crippen MR) is 49.2 cm³/mol. The molecule has 3 fully saturated rings. The van der Waals surface area contributed by atoms with Crippen molar-refractivity contribution in [3.05, 3.63) is 0 Å². The topological polar surface area (TPSA) is 26.3 Å². The zero-order valence-electron chi connectivity index (χ0n) is 7.23. The summed E-state index contributed by atoms with van der Waals surface area (Å²) < 4.78 is 5.65. The summed E-state index contributed by atoms with van der Waals surface area (Å²) in [6, 6.07) is 0. The molecule has 0 saturated heterocycles. The van der Waals surface area contributed by atoms with Gasteiger partial charge in [0.1, 0.15) is 5.60 Å². The molecule has 0 unspecified atom stereocenters. The fraction of sp³-hybridized carbons (Fsp3) is 0.889. The van der Waals surface area contributed by atoms with Gasteiger partial charge in [0, 0.05) is 24.1 Å². The Labute approximate surface area is 80.8 Å². The van der Waals surface area contributed by atoms with E-state index >= 15 is 0 Å². The smallest absolute Gasteiger partial charge is 0.303 e. The van der Waals surface area contributed by atoms with Crippen molar-refractivity contribution in [3.8, 4) is 0 Å². The maximum atomic E-state index is 10.8. The zero-order chi connectivity index (χ0) is 8.82. The van der Waals surface area contributed by atoms with E-state index in [1.54, 1.807) is 0 Å². The predicted octanol–water partition coefficient (Wildman–Crippen LogP) is 2.40. The van der Waals surface area contributed by atoms with E-state index in [-0.39, 0.29) is 11.6 Å². The Morgan fingerprint density at radius 1 is 1.42 bits per heavy atom. The molecule has 0 heterocycles. The molecular formula is C9H13BrO2. The Morgan fingerprint density at radius 3 is 2.58 bits per heavy atom. The standard InChI is InChI=1S/C9H13BrO2/c1-7(11)12-9-4-2-3-8(10,5-9)6-9/h2-6H2,1H3. The van der Waals surface area contributed by atoms with Crippen LogP contribution < -0.4 is 0 Å². The highest BCUT2D eigenvalue weighted by Crippen LogP contribution is 2.58. The minimum absolute atomic E-state index is 0.0897. The average Bonchev–Trinajstić information content (AvgIpc) is 1.81. The van der Waals surface area contributed by atoms with Crippen molar-refractivity contribution in [2.24, 2.45) is 0 Å². The van der Waals surface area contributed by atoms with Crippen molar-refractivity contribution in [1.82, 2.24) is 0 Å². The van der Waals surface area contributed by atoms with Crippen LogP contribution in [0.15, 0.2) is 0 Å². The number of carbonyl (C=O) groups excluding carboxylic acids is 1. The third kappa shape index (κ3) is 1.28. The third-order valence-electron chi connectivity index (χ3n) is 2.90. The monoisotopic (exact) mass is 232 g/mol. The van der Waals surface area contributed by atoms with E-state index in [9.17, 15) is 4.79 Å². The lowest BCUT2D eigenvalue weighted by molar-refractivity contribution is -0.177. The second-order valence-corrected chi connectivity index (χ2v) is 5.82. The number of alkyl halides is 1. The molecule has 68 valence electrons. The van der Waals surface area contributed by atoms with Gasteiger partial charge in [0.15, 0.2) is 0 Å². The Morgan fingerprint density at radius 2 is 2.08 bits per heavy atom. The van der Waals surface area contributed by atoms with Crippen LogP contribution in [0.4, 0.5) is 0 Å². The highest BCUT2D eigenvalue weighted by molar-refractivity contribution is 9.10. The number of esters is 1. The molecule has 3 heteroatoms. The largest absolute Gasteiger partial charge is 0.459 e. The fourth-order valence-electron chi connectivity index (χ4n) is 2.61. The van der Waals surface area contributed by atoms with Gasteiger partial charge in [0.2, 0.25) is 0 Å². The van der Waals surface area contributed by atoms with Crippen molar-refractivity contribution in [2.45, 2.75) is 49.0 Å². The lowest BCUT2D eigenvalue weighted by Gasteiger charge is -2.56. The second kappa shape index (κ2) is 2.47. The average molecular weight is 233 g/mol. The van der Waals surface area contributed by atoms with Gasteiger partial charge in [-0.05, 0) is 19.3 Å². The molecule has 0 aromatic carbocycles. The highest BCUT2D eigenvalue weighted by Gasteiger charge is 2.58. The van der Waals surface area contributed by atoms with Crippen LogP contribution in [0, 0.1) is 0 Å². The molecule has 12 heavy (non-hydrogen) atoms. The Kier molecular flexibility index (Phi) is 1.76. The van der Waals surface area contributed by atoms with Crippen molar-refractivity contribution in [1.29, 1.82) is 0 Å². The molecule has 0 aromatic heterocycles. The number of rotatable bonds is 1. The number of halogens is 1. The van der Waals surface area contributed by atoms with Crippen molar-refractivity contribution in [2.75, 3.05) is 0 Å². The molecule has 2 bridgehead atoms. The van der Waals surface area contributed by atoms with Gasteiger partial charge in [-0.25, -0.2) is 0 Å². The first-order valence-corrected chi connectivity index (χ1v) is 5.22. The first kappa shape index (κ1) is 8.54. The van der Waals surface area contributed by atoms with E-state index in [1.807, 2.05) is 0 Å².